The van der Waals surface area contributed by atoms with Crippen molar-refractivity contribution >= 4 is 27.5 Å². The summed E-state index contributed by atoms with van der Waals surface area (Å²) in [5.41, 5.74) is 2.99. The molecule has 0 aliphatic rings. The highest BCUT2D eigenvalue weighted by Crippen LogP contribution is 2.31. The SMILES string of the molecule is CC(C)Cc1cccc(C(O)c2ccc(Cl)cc2Br)c1. The van der Waals surface area contributed by atoms with E-state index in [0.29, 0.717) is 10.9 Å². The number of hydrogen-bond acceptors (Lipinski definition) is 1. The molecule has 1 atom stereocenters. The highest BCUT2D eigenvalue weighted by atomic mass is 79.9. The lowest BCUT2D eigenvalue weighted by molar-refractivity contribution is 0.219. The highest BCUT2D eigenvalue weighted by molar-refractivity contribution is 9.10. The van der Waals surface area contributed by atoms with Gasteiger partial charge in [-0.3, -0.25) is 0 Å². The Labute approximate surface area is 133 Å². The molecule has 1 N–H and O–H groups in total. The van der Waals surface area contributed by atoms with Gasteiger partial charge in [-0.05, 0) is 41.2 Å². The molecule has 3 heteroatoms. The normalized spacial score (nSPS) is 12.7. The van der Waals surface area contributed by atoms with Crippen LogP contribution in [0.15, 0.2) is 46.9 Å². The van der Waals surface area contributed by atoms with Crippen LogP contribution in [-0.4, -0.2) is 5.11 Å². The Morgan fingerprint density at radius 2 is 1.90 bits per heavy atom. The summed E-state index contributed by atoms with van der Waals surface area (Å²) >= 11 is 9.40. The zero-order valence-electron chi connectivity index (χ0n) is 11.6. The van der Waals surface area contributed by atoms with Gasteiger partial charge in [0.1, 0.15) is 6.10 Å². The van der Waals surface area contributed by atoms with Crippen LogP contribution in [0.3, 0.4) is 0 Å². The van der Waals surface area contributed by atoms with Gasteiger partial charge in [0.2, 0.25) is 0 Å². The van der Waals surface area contributed by atoms with Crippen LogP contribution < -0.4 is 0 Å². The van der Waals surface area contributed by atoms with Crippen LogP contribution in [0.25, 0.3) is 0 Å². The third-order valence-corrected chi connectivity index (χ3v) is 4.09. The van der Waals surface area contributed by atoms with Crippen LogP contribution in [0.1, 0.15) is 36.6 Å². The Bertz CT molecular complexity index is 595. The Balaban J connectivity index is 2.30. The zero-order valence-corrected chi connectivity index (χ0v) is 13.9. The molecule has 0 saturated heterocycles. The Morgan fingerprint density at radius 1 is 1.15 bits per heavy atom. The van der Waals surface area contributed by atoms with Gasteiger partial charge in [-0.2, -0.15) is 0 Å². The molecular formula is C17H18BrClO. The number of halogens is 2. The minimum Gasteiger partial charge on any atom is -0.384 e. The molecule has 0 aromatic heterocycles. The molecule has 0 saturated carbocycles. The summed E-state index contributed by atoms with van der Waals surface area (Å²) in [6.45, 7) is 4.39. The smallest absolute Gasteiger partial charge is 0.105 e. The van der Waals surface area contributed by atoms with Gasteiger partial charge in [-0.15, -0.1) is 0 Å². The molecule has 2 rings (SSSR count). The number of rotatable bonds is 4. The fourth-order valence-corrected chi connectivity index (χ4v) is 3.16. The second-order valence-corrected chi connectivity index (χ2v) is 6.70. The Hall–Kier alpha value is -0.830. The second kappa shape index (κ2) is 6.75. The molecule has 0 bridgehead atoms. The van der Waals surface area contributed by atoms with E-state index in [-0.39, 0.29) is 0 Å². The van der Waals surface area contributed by atoms with Gasteiger partial charge in [-0.1, -0.05) is 71.7 Å². The molecule has 0 aliphatic carbocycles. The predicted octanol–water partition coefficient (Wildman–Crippen LogP) is 5.38. The second-order valence-electron chi connectivity index (χ2n) is 5.41. The van der Waals surface area contributed by atoms with Crippen LogP contribution in [0.2, 0.25) is 5.02 Å². The predicted molar refractivity (Wildman–Crippen MR) is 88.2 cm³/mol. The van der Waals surface area contributed by atoms with E-state index in [9.17, 15) is 5.11 Å². The van der Waals surface area contributed by atoms with E-state index >= 15 is 0 Å². The molecule has 1 unspecified atom stereocenters. The van der Waals surface area contributed by atoms with E-state index in [2.05, 4.69) is 41.9 Å². The van der Waals surface area contributed by atoms with Crippen LogP contribution in [-0.2, 0) is 6.42 Å². The molecule has 20 heavy (non-hydrogen) atoms. The standard InChI is InChI=1S/C17H18BrClO/c1-11(2)8-12-4-3-5-13(9-12)17(20)15-7-6-14(19)10-16(15)18/h3-7,9-11,17,20H,8H2,1-2H3. The maximum absolute atomic E-state index is 10.5. The van der Waals surface area contributed by atoms with Crippen LogP contribution in [0.5, 0.6) is 0 Å². The molecular weight excluding hydrogens is 336 g/mol. The van der Waals surface area contributed by atoms with Crippen molar-refractivity contribution in [2.75, 3.05) is 0 Å². The topological polar surface area (TPSA) is 20.2 Å². The first kappa shape index (κ1) is 15.6. The van der Waals surface area contributed by atoms with Crippen LogP contribution in [0.4, 0.5) is 0 Å². The summed E-state index contributed by atoms with van der Waals surface area (Å²) in [5.74, 6) is 0.602. The average Bonchev–Trinajstić information content (AvgIpc) is 2.37. The Morgan fingerprint density at radius 3 is 2.55 bits per heavy atom. The monoisotopic (exact) mass is 352 g/mol. The lowest BCUT2D eigenvalue weighted by atomic mass is 9.96. The van der Waals surface area contributed by atoms with E-state index in [1.807, 2.05) is 18.2 Å². The van der Waals surface area contributed by atoms with Gasteiger partial charge < -0.3 is 5.11 Å². The fraction of sp³-hybridized carbons (Fsp3) is 0.294. The van der Waals surface area contributed by atoms with Gasteiger partial charge in [0.15, 0.2) is 0 Å². The molecule has 0 amide bonds. The first-order valence-corrected chi connectivity index (χ1v) is 7.86. The van der Waals surface area contributed by atoms with Crippen molar-refractivity contribution < 1.29 is 5.11 Å². The van der Waals surface area contributed by atoms with Crippen molar-refractivity contribution in [2.24, 2.45) is 5.92 Å². The van der Waals surface area contributed by atoms with Crippen molar-refractivity contribution in [3.63, 3.8) is 0 Å². The molecule has 0 fully saturated rings. The first-order valence-electron chi connectivity index (χ1n) is 6.69. The molecule has 106 valence electrons. The summed E-state index contributed by atoms with van der Waals surface area (Å²) in [6.07, 6.45) is 0.372. The summed E-state index contributed by atoms with van der Waals surface area (Å²) < 4.78 is 0.826. The number of aliphatic hydroxyl groups excluding tert-OH is 1. The quantitative estimate of drug-likeness (QED) is 0.782. The molecule has 1 nitrogen and oxygen atoms in total. The van der Waals surface area contributed by atoms with Gasteiger partial charge in [-0.25, -0.2) is 0 Å². The third-order valence-electron chi connectivity index (χ3n) is 3.17. The third kappa shape index (κ3) is 3.85. The van der Waals surface area contributed by atoms with Crippen molar-refractivity contribution in [3.8, 4) is 0 Å². The largest absolute Gasteiger partial charge is 0.384 e. The molecule has 0 heterocycles. The molecule has 0 aliphatic heterocycles. The molecule has 0 radical (unpaired) electrons. The minimum atomic E-state index is -0.645. The Kier molecular flexibility index (Phi) is 5.25. The van der Waals surface area contributed by atoms with Crippen molar-refractivity contribution in [2.45, 2.75) is 26.4 Å². The van der Waals surface area contributed by atoms with E-state index in [4.69, 9.17) is 11.6 Å². The number of hydrogen-bond donors (Lipinski definition) is 1. The highest BCUT2D eigenvalue weighted by Gasteiger charge is 2.14. The minimum absolute atomic E-state index is 0.602. The van der Waals surface area contributed by atoms with Crippen molar-refractivity contribution in [3.05, 3.63) is 68.7 Å². The van der Waals surface area contributed by atoms with Gasteiger partial charge in [0.05, 0.1) is 0 Å². The van der Waals surface area contributed by atoms with Gasteiger partial charge in [0, 0.05) is 9.50 Å². The van der Waals surface area contributed by atoms with E-state index < -0.39 is 6.10 Å². The molecule has 2 aromatic rings. The van der Waals surface area contributed by atoms with E-state index in [1.54, 1.807) is 12.1 Å². The van der Waals surface area contributed by atoms with Crippen molar-refractivity contribution in [1.29, 1.82) is 0 Å². The fourth-order valence-electron chi connectivity index (χ4n) is 2.26. The summed E-state index contributed by atoms with van der Waals surface area (Å²) in [4.78, 5) is 0. The molecule has 2 aromatic carbocycles. The summed E-state index contributed by atoms with van der Waals surface area (Å²) in [7, 11) is 0. The number of benzene rings is 2. The maximum atomic E-state index is 10.5. The lowest BCUT2D eigenvalue weighted by Crippen LogP contribution is -2.02. The maximum Gasteiger partial charge on any atom is 0.105 e. The lowest BCUT2D eigenvalue weighted by Gasteiger charge is -2.15. The zero-order chi connectivity index (χ0) is 14.7. The average molecular weight is 354 g/mol. The first-order chi connectivity index (χ1) is 9.47. The van der Waals surface area contributed by atoms with E-state index in [0.717, 1.165) is 22.0 Å². The van der Waals surface area contributed by atoms with Gasteiger partial charge in [0.25, 0.3) is 0 Å². The summed E-state index contributed by atoms with van der Waals surface area (Å²) in [6, 6.07) is 13.6. The van der Waals surface area contributed by atoms with Crippen LogP contribution >= 0.6 is 27.5 Å². The van der Waals surface area contributed by atoms with E-state index in [1.165, 1.54) is 5.56 Å². The van der Waals surface area contributed by atoms with Crippen molar-refractivity contribution in [1.82, 2.24) is 0 Å². The summed E-state index contributed by atoms with van der Waals surface area (Å²) in [5, 5.41) is 11.2. The number of aliphatic hydroxyl groups is 1. The molecule has 0 spiro atoms. The van der Waals surface area contributed by atoms with Crippen LogP contribution in [0, 0.1) is 5.92 Å². The van der Waals surface area contributed by atoms with Gasteiger partial charge >= 0.3 is 0 Å².